The van der Waals surface area contributed by atoms with Gasteiger partial charge in [0.15, 0.2) is 0 Å². The van der Waals surface area contributed by atoms with Gasteiger partial charge in [0.05, 0.1) is 7.11 Å². The highest BCUT2D eigenvalue weighted by Crippen LogP contribution is 2.21. The van der Waals surface area contributed by atoms with Crippen LogP contribution in [0.3, 0.4) is 0 Å². The van der Waals surface area contributed by atoms with E-state index in [9.17, 15) is 9.59 Å². The summed E-state index contributed by atoms with van der Waals surface area (Å²) in [5.41, 5.74) is -0.508. The Labute approximate surface area is 139 Å². The minimum Gasteiger partial charge on any atom is -0.469 e. The number of hydrogen-bond donors (Lipinski definition) is 1. The fourth-order valence-electron chi connectivity index (χ4n) is 2.91. The Hall–Kier alpha value is -1.30. The van der Waals surface area contributed by atoms with Crippen LogP contribution in [0.5, 0.6) is 0 Å². The van der Waals surface area contributed by atoms with Gasteiger partial charge < -0.3 is 19.7 Å². The highest BCUT2D eigenvalue weighted by molar-refractivity contribution is 5.70. The van der Waals surface area contributed by atoms with Gasteiger partial charge in [-0.3, -0.25) is 4.79 Å². The summed E-state index contributed by atoms with van der Waals surface area (Å²) < 4.78 is 10.1. The molecule has 1 fully saturated rings. The Morgan fingerprint density at radius 2 is 1.96 bits per heavy atom. The zero-order valence-electron chi connectivity index (χ0n) is 15.2. The fraction of sp³-hybridized carbons (Fsp3) is 0.882. The molecule has 0 aromatic heterocycles. The van der Waals surface area contributed by atoms with E-state index in [0.29, 0.717) is 6.42 Å². The largest absolute Gasteiger partial charge is 0.469 e. The molecule has 1 aliphatic rings. The Balaban J connectivity index is 2.61. The number of alkyl carbamates (subject to hydrolysis) is 1. The Bertz CT molecular complexity index is 393. The van der Waals surface area contributed by atoms with Gasteiger partial charge in [0.25, 0.3) is 0 Å². The van der Waals surface area contributed by atoms with E-state index >= 15 is 0 Å². The van der Waals surface area contributed by atoms with Crippen molar-refractivity contribution in [2.45, 2.75) is 65.0 Å². The molecule has 1 saturated heterocycles. The summed E-state index contributed by atoms with van der Waals surface area (Å²) in [4.78, 5) is 25.9. The first kappa shape index (κ1) is 19.7. The van der Waals surface area contributed by atoms with Gasteiger partial charge >= 0.3 is 12.1 Å². The molecule has 0 radical (unpaired) electrons. The molecule has 0 aromatic rings. The number of nitrogens with zero attached hydrogens (tertiary/aromatic N) is 1. The highest BCUT2D eigenvalue weighted by Gasteiger charge is 2.30. The molecule has 134 valence electrons. The maximum absolute atomic E-state index is 12.0. The number of ether oxygens (including phenoxy) is 2. The lowest BCUT2D eigenvalue weighted by molar-refractivity contribution is -0.142. The number of likely N-dealkylation sites (tertiary alicyclic amines) is 1. The number of methoxy groups -OCH3 is 1. The van der Waals surface area contributed by atoms with E-state index in [4.69, 9.17) is 9.47 Å². The molecule has 2 unspecified atom stereocenters. The number of piperidine rings is 1. The minimum absolute atomic E-state index is 0.00473. The summed E-state index contributed by atoms with van der Waals surface area (Å²) in [6.07, 6.45) is 3.02. The molecule has 6 nitrogen and oxygen atoms in total. The molecule has 0 spiro atoms. The van der Waals surface area contributed by atoms with Crippen molar-refractivity contribution >= 4 is 12.1 Å². The van der Waals surface area contributed by atoms with Crippen LogP contribution in [0.1, 0.15) is 53.4 Å². The first-order chi connectivity index (χ1) is 10.7. The lowest BCUT2D eigenvalue weighted by Crippen LogP contribution is -2.52. The van der Waals surface area contributed by atoms with E-state index in [2.05, 4.69) is 17.1 Å². The molecular formula is C17H32N2O4. The van der Waals surface area contributed by atoms with E-state index in [1.165, 1.54) is 7.11 Å². The third-order valence-corrected chi connectivity index (χ3v) is 3.84. The Morgan fingerprint density at radius 1 is 1.26 bits per heavy atom. The van der Waals surface area contributed by atoms with Crippen LogP contribution in [0.15, 0.2) is 0 Å². The molecule has 0 aromatic carbocycles. The van der Waals surface area contributed by atoms with Crippen molar-refractivity contribution in [3.63, 3.8) is 0 Å². The quantitative estimate of drug-likeness (QED) is 0.759. The van der Waals surface area contributed by atoms with Crippen LogP contribution in [0.4, 0.5) is 4.79 Å². The van der Waals surface area contributed by atoms with Crippen LogP contribution >= 0.6 is 0 Å². The maximum Gasteiger partial charge on any atom is 0.407 e. The van der Waals surface area contributed by atoms with Crippen LogP contribution in [0.2, 0.25) is 0 Å². The molecule has 1 N–H and O–H groups in total. The molecule has 1 rings (SSSR count). The zero-order valence-corrected chi connectivity index (χ0v) is 15.2. The van der Waals surface area contributed by atoms with Gasteiger partial charge in [0.2, 0.25) is 0 Å². The number of nitrogens with one attached hydrogen (secondary N) is 1. The lowest BCUT2D eigenvalue weighted by atomic mass is 9.91. The van der Waals surface area contributed by atoms with Crippen LogP contribution in [0, 0.1) is 5.92 Å². The first-order valence-corrected chi connectivity index (χ1v) is 8.52. The summed E-state index contributed by atoms with van der Waals surface area (Å²) in [6.45, 7) is 10.4. The normalized spacial score (nSPS) is 22.5. The van der Waals surface area contributed by atoms with E-state index < -0.39 is 11.7 Å². The van der Waals surface area contributed by atoms with Crippen molar-refractivity contribution in [3.05, 3.63) is 0 Å². The number of esters is 1. The van der Waals surface area contributed by atoms with Gasteiger partial charge in [-0.15, -0.1) is 0 Å². The van der Waals surface area contributed by atoms with Crippen molar-refractivity contribution < 1.29 is 19.1 Å². The topological polar surface area (TPSA) is 67.9 Å². The summed E-state index contributed by atoms with van der Waals surface area (Å²) in [6, 6.07) is 0.00473. The van der Waals surface area contributed by atoms with Crippen LogP contribution in [-0.2, 0) is 14.3 Å². The predicted octanol–water partition coefficient (Wildman–Crippen LogP) is 2.56. The molecule has 2 atom stereocenters. The third-order valence-electron chi connectivity index (χ3n) is 3.84. The van der Waals surface area contributed by atoms with Crippen LogP contribution < -0.4 is 5.32 Å². The van der Waals surface area contributed by atoms with Gasteiger partial charge in [-0.05, 0) is 46.1 Å². The SMILES string of the molecule is CCCCN1CC(CC(=O)OC)CC(NC(=O)OC(C)(C)C)C1. The molecule has 1 heterocycles. The molecule has 0 aliphatic carbocycles. The van der Waals surface area contributed by atoms with Gasteiger partial charge in [0.1, 0.15) is 5.60 Å². The van der Waals surface area contributed by atoms with Crippen molar-refractivity contribution in [1.29, 1.82) is 0 Å². The molecule has 6 heteroatoms. The van der Waals surface area contributed by atoms with E-state index in [-0.39, 0.29) is 17.9 Å². The lowest BCUT2D eigenvalue weighted by Gasteiger charge is -2.38. The standard InChI is InChI=1S/C17H32N2O4/c1-6-7-8-19-11-13(10-15(20)22-5)9-14(12-19)18-16(21)23-17(2,3)4/h13-14H,6-12H2,1-5H3,(H,18,21). The number of carbonyl (C=O) groups excluding carboxylic acids is 2. The average molecular weight is 328 g/mol. The summed E-state index contributed by atoms with van der Waals surface area (Å²) in [7, 11) is 1.41. The maximum atomic E-state index is 12.0. The van der Waals surface area contributed by atoms with E-state index in [1.807, 2.05) is 20.8 Å². The molecule has 0 saturated carbocycles. The molecule has 1 amide bonds. The number of hydrogen-bond acceptors (Lipinski definition) is 5. The number of amides is 1. The van der Waals surface area contributed by atoms with Crippen molar-refractivity contribution in [2.75, 3.05) is 26.7 Å². The van der Waals surface area contributed by atoms with Crippen LogP contribution in [0.25, 0.3) is 0 Å². The van der Waals surface area contributed by atoms with Crippen molar-refractivity contribution in [1.82, 2.24) is 10.2 Å². The second-order valence-electron chi connectivity index (χ2n) is 7.34. The molecule has 23 heavy (non-hydrogen) atoms. The average Bonchev–Trinajstić information content (AvgIpc) is 2.42. The Kier molecular flexibility index (Phi) is 7.82. The van der Waals surface area contributed by atoms with E-state index in [0.717, 1.165) is 38.9 Å². The van der Waals surface area contributed by atoms with E-state index in [1.54, 1.807) is 0 Å². The second-order valence-corrected chi connectivity index (χ2v) is 7.34. The summed E-state index contributed by atoms with van der Waals surface area (Å²) in [5, 5.41) is 2.95. The second kappa shape index (κ2) is 9.11. The summed E-state index contributed by atoms with van der Waals surface area (Å²) in [5.74, 6) is 0.0105. The third kappa shape index (κ3) is 8.21. The number of unbranched alkanes of at least 4 members (excludes halogenated alkanes) is 1. The van der Waals surface area contributed by atoms with Gasteiger partial charge in [-0.25, -0.2) is 4.79 Å². The van der Waals surface area contributed by atoms with Gasteiger partial charge in [-0.1, -0.05) is 13.3 Å². The highest BCUT2D eigenvalue weighted by atomic mass is 16.6. The molecule has 1 aliphatic heterocycles. The fourth-order valence-corrected chi connectivity index (χ4v) is 2.91. The van der Waals surface area contributed by atoms with Crippen LogP contribution in [-0.4, -0.2) is 55.3 Å². The minimum atomic E-state index is -0.508. The van der Waals surface area contributed by atoms with Crippen molar-refractivity contribution in [3.8, 4) is 0 Å². The molecule has 0 bridgehead atoms. The first-order valence-electron chi connectivity index (χ1n) is 8.52. The Morgan fingerprint density at radius 3 is 2.52 bits per heavy atom. The predicted molar refractivity (Wildman–Crippen MR) is 89.2 cm³/mol. The van der Waals surface area contributed by atoms with Crippen molar-refractivity contribution in [2.24, 2.45) is 5.92 Å². The van der Waals surface area contributed by atoms with Gasteiger partial charge in [0, 0.05) is 25.6 Å². The number of carbonyl (C=O) groups is 2. The monoisotopic (exact) mass is 328 g/mol. The van der Waals surface area contributed by atoms with Gasteiger partial charge in [-0.2, -0.15) is 0 Å². The number of rotatable bonds is 6. The summed E-state index contributed by atoms with van der Waals surface area (Å²) >= 11 is 0. The zero-order chi connectivity index (χ0) is 17.5. The smallest absolute Gasteiger partial charge is 0.407 e. The molecular weight excluding hydrogens is 296 g/mol.